The third-order valence-corrected chi connectivity index (χ3v) is 4.93. The van der Waals surface area contributed by atoms with Gasteiger partial charge in [-0.15, -0.1) is 0 Å². The monoisotopic (exact) mass is 281 g/mol. The van der Waals surface area contributed by atoms with Crippen molar-refractivity contribution in [1.29, 1.82) is 0 Å². The highest BCUT2D eigenvalue weighted by molar-refractivity contribution is 5.81. The molecule has 5 heteroatoms. The van der Waals surface area contributed by atoms with Crippen LogP contribution in [0.25, 0.3) is 0 Å². The van der Waals surface area contributed by atoms with Crippen molar-refractivity contribution < 1.29 is 9.53 Å². The van der Waals surface area contributed by atoms with Crippen molar-refractivity contribution in [1.82, 2.24) is 15.1 Å². The maximum atomic E-state index is 12.0. The highest BCUT2D eigenvalue weighted by atomic mass is 16.5. The van der Waals surface area contributed by atoms with Gasteiger partial charge in [-0.1, -0.05) is 0 Å². The number of likely N-dealkylation sites (tertiary alicyclic amines) is 1. The number of ether oxygens (including phenoxy) is 1. The molecule has 0 aromatic rings. The molecule has 2 aliphatic heterocycles. The Morgan fingerprint density at radius 1 is 1.35 bits per heavy atom. The molecule has 20 heavy (non-hydrogen) atoms. The maximum Gasteiger partial charge on any atom is 0.239 e. The van der Waals surface area contributed by atoms with Crippen molar-refractivity contribution in [2.75, 3.05) is 39.8 Å². The van der Waals surface area contributed by atoms with Crippen LogP contribution in [0.15, 0.2) is 0 Å². The average molecular weight is 281 g/mol. The molecule has 1 spiro atoms. The van der Waals surface area contributed by atoms with Crippen molar-refractivity contribution >= 4 is 5.91 Å². The lowest BCUT2D eigenvalue weighted by atomic mass is 9.89. The van der Waals surface area contributed by atoms with Crippen LogP contribution in [-0.2, 0) is 9.53 Å². The minimum Gasteiger partial charge on any atom is -0.369 e. The summed E-state index contributed by atoms with van der Waals surface area (Å²) in [6, 6.07) is 0.483. The standard InChI is InChI=1S/C15H27N3O2/c1-11(2)18-9-15(10-18)8-17(6-12-4-5-12)13(7-20-15)14(19)16-3/h11-13H,4-10H2,1-3H3,(H,16,19)/t13-/m1/s1. The van der Waals surface area contributed by atoms with Gasteiger partial charge in [0.25, 0.3) is 0 Å². The number of nitrogens with one attached hydrogen (secondary N) is 1. The third-order valence-electron chi connectivity index (χ3n) is 4.93. The summed E-state index contributed by atoms with van der Waals surface area (Å²) >= 11 is 0. The van der Waals surface area contributed by atoms with E-state index in [0.717, 1.165) is 32.1 Å². The Hall–Kier alpha value is -0.650. The van der Waals surface area contributed by atoms with Crippen LogP contribution in [0, 0.1) is 5.92 Å². The second-order valence-electron chi connectivity index (χ2n) is 7.00. The Balaban J connectivity index is 1.63. The van der Waals surface area contributed by atoms with Crippen molar-refractivity contribution in [2.45, 2.75) is 44.4 Å². The van der Waals surface area contributed by atoms with E-state index in [4.69, 9.17) is 4.74 Å². The normalized spacial score (nSPS) is 30.5. The Labute approximate surface area is 121 Å². The number of hydrogen-bond acceptors (Lipinski definition) is 4. The van der Waals surface area contributed by atoms with Gasteiger partial charge in [0, 0.05) is 39.3 Å². The fourth-order valence-electron chi connectivity index (χ4n) is 3.37. The first-order valence-corrected chi connectivity index (χ1v) is 7.87. The van der Waals surface area contributed by atoms with Gasteiger partial charge in [0.15, 0.2) is 0 Å². The predicted octanol–water partition coefficient (Wildman–Crippen LogP) is 0.306. The largest absolute Gasteiger partial charge is 0.369 e. The fraction of sp³-hybridized carbons (Fsp3) is 0.933. The quantitative estimate of drug-likeness (QED) is 0.805. The molecule has 114 valence electrons. The number of rotatable bonds is 4. The molecule has 3 fully saturated rings. The Morgan fingerprint density at radius 2 is 2.05 bits per heavy atom. The molecule has 0 aromatic heterocycles. The molecule has 5 nitrogen and oxygen atoms in total. The van der Waals surface area contributed by atoms with Crippen LogP contribution in [0.2, 0.25) is 0 Å². The molecule has 3 rings (SSSR count). The molecule has 1 N–H and O–H groups in total. The van der Waals surface area contributed by atoms with E-state index in [1.807, 2.05) is 0 Å². The van der Waals surface area contributed by atoms with E-state index in [-0.39, 0.29) is 17.6 Å². The summed E-state index contributed by atoms with van der Waals surface area (Å²) in [5, 5.41) is 2.78. The maximum absolute atomic E-state index is 12.0. The van der Waals surface area contributed by atoms with Gasteiger partial charge in [0.1, 0.15) is 11.6 Å². The van der Waals surface area contributed by atoms with Crippen LogP contribution in [0.5, 0.6) is 0 Å². The first-order chi connectivity index (χ1) is 9.53. The van der Waals surface area contributed by atoms with Crippen molar-refractivity contribution in [3.63, 3.8) is 0 Å². The van der Waals surface area contributed by atoms with Crippen LogP contribution in [-0.4, -0.2) is 73.2 Å². The van der Waals surface area contributed by atoms with E-state index in [9.17, 15) is 4.79 Å². The molecule has 1 atom stereocenters. The smallest absolute Gasteiger partial charge is 0.239 e. The first kappa shape index (κ1) is 14.3. The van der Waals surface area contributed by atoms with Crippen LogP contribution < -0.4 is 5.32 Å². The topological polar surface area (TPSA) is 44.8 Å². The number of morpholine rings is 1. The van der Waals surface area contributed by atoms with Crippen molar-refractivity contribution in [3.05, 3.63) is 0 Å². The summed E-state index contributed by atoms with van der Waals surface area (Å²) in [6.07, 6.45) is 2.64. The zero-order valence-corrected chi connectivity index (χ0v) is 12.9. The third kappa shape index (κ3) is 2.71. The molecule has 3 aliphatic rings. The highest BCUT2D eigenvalue weighted by Gasteiger charge is 2.51. The van der Waals surface area contributed by atoms with Gasteiger partial charge in [-0.2, -0.15) is 0 Å². The first-order valence-electron chi connectivity index (χ1n) is 7.87. The van der Waals surface area contributed by atoms with E-state index >= 15 is 0 Å². The number of nitrogens with zero attached hydrogens (tertiary/aromatic N) is 2. The lowest BCUT2D eigenvalue weighted by Crippen LogP contribution is -2.73. The highest BCUT2D eigenvalue weighted by Crippen LogP contribution is 2.36. The van der Waals surface area contributed by atoms with Gasteiger partial charge in [-0.3, -0.25) is 14.6 Å². The molecular formula is C15H27N3O2. The molecule has 0 radical (unpaired) electrons. The average Bonchev–Trinajstić information content (AvgIpc) is 3.18. The molecule has 0 unspecified atom stereocenters. The number of likely N-dealkylation sites (N-methyl/N-ethyl adjacent to an activating group) is 1. The Morgan fingerprint density at radius 3 is 2.60 bits per heavy atom. The summed E-state index contributed by atoms with van der Waals surface area (Å²) in [5.41, 5.74) is -0.0241. The van der Waals surface area contributed by atoms with Gasteiger partial charge >= 0.3 is 0 Å². The fourth-order valence-corrected chi connectivity index (χ4v) is 3.37. The summed E-state index contributed by atoms with van der Waals surface area (Å²) < 4.78 is 6.11. The summed E-state index contributed by atoms with van der Waals surface area (Å²) in [5.74, 6) is 0.902. The molecule has 1 amide bonds. The lowest BCUT2D eigenvalue weighted by molar-refractivity contribution is -0.206. The molecule has 2 heterocycles. The van der Waals surface area contributed by atoms with E-state index < -0.39 is 0 Å². The van der Waals surface area contributed by atoms with E-state index in [0.29, 0.717) is 12.6 Å². The van der Waals surface area contributed by atoms with Gasteiger partial charge in [0.05, 0.1) is 6.61 Å². The molecule has 0 aromatic carbocycles. The number of amides is 1. The van der Waals surface area contributed by atoms with E-state index in [1.165, 1.54) is 12.8 Å². The molecular weight excluding hydrogens is 254 g/mol. The molecule has 1 saturated carbocycles. The molecule has 0 bridgehead atoms. The van der Waals surface area contributed by atoms with E-state index in [1.54, 1.807) is 7.05 Å². The van der Waals surface area contributed by atoms with Crippen LogP contribution >= 0.6 is 0 Å². The van der Waals surface area contributed by atoms with Crippen LogP contribution in [0.3, 0.4) is 0 Å². The summed E-state index contributed by atoms with van der Waals surface area (Å²) in [7, 11) is 1.71. The predicted molar refractivity (Wildman–Crippen MR) is 77.5 cm³/mol. The SMILES string of the molecule is CNC(=O)[C@H]1COC2(CN(C(C)C)C2)CN1CC1CC1. The lowest BCUT2D eigenvalue weighted by Gasteiger charge is -2.56. The Kier molecular flexibility index (Phi) is 3.77. The van der Waals surface area contributed by atoms with Crippen LogP contribution in [0.4, 0.5) is 0 Å². The van der Waals surface area contributed by atoms with Crippen molar-refractivity contribution in [2.24, 2.45) is 5.92 Å². The minimum absolute atomic E-state index is 0.0241. The van der Waals surface area contributed by atoms with Gasteiger partial charge in [-0.05, 0) is 32.6 Å². The van der Waals surface area contributed by atoms with Gasteiger partial charge in [0.2, 0.25) is 5.91 Å². The van der Waals surface area contributed by atoms with E-state index in [2.05, 4.69) is 29.0 Å². The van der Waals surface area contributed by atoms with Crippen molar-refractivity contribution in [3.8, 4) is 0 Å². The second kappa shape index (κ2) is 5.28. The van der Waals surface area contributed by atoms with Crippen LogP contribution in [0.1, 0.15) is 26.7 Å². The number of hydrogen-bond donors (Lipinski definition) is 1. The summed E-state index contributed by atoms with van der Waals surface area (Å²) in [4.78, 5) is 16.8. The second-order valence-corrected chi connectivity index (χ2v) is 7.00. The number of carbonyl (C=O) groups is 1. The summed E-state index contributed by atoms with van der Waals surface area (Å²) in [6.45, 7) is 8.97. The van der Waals surface area contributed by atoms with Gasteiger partial charge in [-0.25, -0.2) is 0 Å². The van der Waals surface area contributed by atoms with Gasteiger partial charge < -0.3 is 10.1 Å². The number of carbonyl (C=O) groups excluding carboxylic acids is 1. The zero-order chi connectivity index (χ0) is 14.3. The Bertz CT molecular complexity index is 375. The minimum atomic E-state index is -0.0978. The zero-order valence-electron chi connectivity index (χ0n) is 12.9. The molecule has 2 saturated heterocycles. The molecule has 1 aliphatic carbocycles.